The van der Waals surface area contributed by atoms with Crippen LogP contribution in [0.1, 0.15) is 57.8 Å². The molecule has 4 bridgehead atoms. The van der Waals surface area contributed by atoms with E-state index in [0.29, 0.717) is 12.5 Å². The predicted octanol–water partition coefficient (Wildman–Crippen LogP) is 4.18. The Kier molecular flexibility index (Phi) is 6.93. The number of benzene rings is 1. The van der Waals surface area contributed by atoms with E-state index in [-0.39, 0.29) is 17.4 Å². The van der Waals surface area contributed by atoms with Crippen molar-refractivity contribution in [3.8, 4) is 0 Å². The molecule has 196 valence electrons. The highest BCUT2D eigenvalue weighted by Gasteiger charge is 2.56. The van der Waals surface area contributed by atoms with Gasteiger partial charge in [0.2, 0.25) is 11.8 Å². The molecule has 7 rings (SSSR count). The molecule has 7 heteroatoms. The van der Waals surface area contributed by atoms with Gasteiger partial charge in [-0.05, 0) is 100 Å². The number of hydrogen-bond donors (Lipinski definition) is 1. The number of nitrogens with one attached hydrogen (secondary N) is 1. The monoisotopic (exact) mass is 512 g/mol. The second kappa shape index (κ2) is 10.2. The van der Waals surface area contributed by atoms with E-state index in [9.17, 15) is 9.59 Å². The first-order valence-electron chi connectivity index (χ1n) is 14.3. The summed E-state index contributed by atoms with van der Waals surface area (Å²) in [5.74, 6) is 2.64. The second-order valence-corrected chi connectivity index (χ2v) is 12.7. The molecule has 0 radical (unpaired) electrons. The lowest BCUT2D eigenvalue weighted by atomic mass is 9.49. The summed E-state index contributed by atoms with van der Waals surface area (Å²) in [5.41, 5.74) is 1.05. The molecule has 0 spiro atoms. The molecule has 2 amide bonds. The van der Waals surface area contributed by atoms with Crippen LogP contribution in [-0.4, -0.2) is 73.5 Å². The van der Waals surface area contributed by atoms with Crippen molar-refractivity contribution >= 4 is 29.1 Å². The first-order valence-corrected chi connectivity index (χ1v) is 14.7. The Balaban J connectivity index is 0.951. The van der Waals surface area contributed by atoms with Crippen LogP contribution < -0.4 is 10.2 Å². The van der Waals surface area contributed by atoms with E-state index < -0.39 is 0 Å². The maximum absolute atomic E-state index is 13.8. The predicted molar refractivity (Wildman–Crippen MR) is 143 cm³/mol. The molecule has 4 aliphatic carbocycles. The largest absolute Gasteiger partial charge is 0.369 e. The molecule has 2 aliphatic heterocycles. The van der Waals surface area contributed by atoms with Gasteiger partial charge in [0.05, 0.1) is 5.41 Å². The quantitative estimate of drug-likeness (QED) is 0.557. The SMILES string of the molecule is O=C(NCCCN1CCN(c2cccc(Cl)c2)CC1)C1CCCN1C(=O)C12CC3CC(CC(C3)C1)C2. The number of nitrogens with zero attached hydrogens (tertiary/aromatic N) is 3. The Morgan fingerprint density at radius 2 is 1.67 bits per heavy atom. The van der Waals surface area contributed by atoms with Crippen LogP contribution in [0.15, 0.2) is 24.3 Å². The van der Waals surface area contributed by atoms with Crippen molar-refractivity contribution in [2.45, 2.75) is 63.8 Å². The molecule has 6 nitrogen and oxygen atoms in total. The average molecular weight is 513 g/mol. The smallest absolute Gasteiger partial charge is 0.242 e. The van der Waals surface area contributed by atoms with Gasteiger partial charge in [0.25, 0.3) is 0 Å². The Morgan fingerprint density at radius 1 is 0.972 bits per heavy atom. The topological polar surface area (TPSA) is 55.9 Å². The third-order valence-corrected chi connectivity index (χ3v) is 10.0. The number of likely N-dealkylation sites (tertiary alicyclic amines) is 1. The molecule has 6 fully saturated rings. The van der Waals surface area contributed by atoms with Crippen molar-refractivity contribution in [3.63, 3.8) is 0 Å². The Hall–Kier alpha value is -1.79. The van der Waals surface area contributed by atoms with Gasteiger partial charge in [0, 0.05) is 50.0 Å². The highest BCUT2D eigenvalue weighted by Crippen LogP contribution is 2.60. The summed E-state index contributed by atoms with van der Waals surface area (Å²) < 4.78 is 0. The van der Waals surface area contributed by atoms with Gasteiger partial charge in [-0.2, -0.15) is 0 Å². The standard InChI is InChI=1S/C29H41ClN4O2/c30-24-4-1-5-25(17-24)33-12-10-32(11-13-33)8-3-7-31-27(35)26-6-2-9-34(26)28(36)29-18-21-14-22(19-29)16-23(15-21)20-29/h1,4-5,17,21-23,26H,2-3,6-16,18-20H2,(H,31,35). The lowest BCUT2D eigenvalue weighted by molar-refractivity contribution is -0.160. The van der Waals surface area contributed by atoms with E-state index in [1.807, 2.05) is 23.1 Å². The first-order chi connectivity index (χ1) is 17.5. The number of rotatable bonds is 7. The summed E-state index contributed by atoms with van der Waals surface area (Å²) in [6.45, 7) is 6.47. The summed E-state index contributed by atoms with van der Waals surface area (Å²) >= 11 is 6.15. The fourth-order valence-electron chi connectivity index (χ4n) is 8.49. The van der Waals surface area contributed by atoms with Crippen LogP contribution in [0.3, 0.4) is 0 Å². The maximum Gasteiger partial charge on any atom is 0.242 e. The van der Waals surface area contributed by atoms with E-state index >= 15 is 0 Å². The molecule has 1 atom stereocenters. The summed E-state index contributed by atoms with van der Waals surface area (Å²) in [6, 6.07) is 7.82. The average Bonchev–Trinajstić information content (AvgIpc) is 3.36. The molecule has 1 N–H and O–H groups in total. The maximum atomic E-state index is 13.8. The van der Waals surface area contributed by atoms with Crippen LogP contribution in [0.4, 0.5) is 5.69 Å². The van der Waals surface area contributed by atoms with E-state index in [0.717, 1.165) is 101 Å². The normalized spacial score (nSPS) is 33.8. The minimum atomic E-state index is -0.258. The van der Waals surface area contributed by atoms with Gasteiger partial charge in [-0.3, -0.25) is 14.5 Å². The van der Waals surface area contributed by atoms with Crippen LogP contribution >= 0.6 is 11.6 Å². The number of carbonyl (C=O) groups is 2. The van der Waals surface area contributed by atoms with E-state index in [2.05, 4.69) is 21.2 Å². The molecule has 6 aliphatic rings. The Labute approximate surface area is 220 Å². The number of halogens is 1. The van der Waals surface area contributed by atoms with E-state index in [1.165, 1.54) is 24.9 Å². The molecule has 2 heterocycles. The Bertz CT molecular complexity index is 940. The summed E-state index contributed by atoms with van der Waals surface area (Å²) in [7, 11) is 0. The fraction of sp³-hybridized carbons (Fsp3) is 0.724. The third kappa shape index (κ3) is 4.88. The van der Waals surface area contributed by atoms with Gasteiger partial charge in [-0.25, -0.2) is 0 Å². The first kappa shape index (κ1) is 24.5. The van der Waals surface area contributed by atoms with Crippen LogP contribution in [0.2, 0.25) is 5.02 Å². The summed E-state index contributed by atoms with van der Waals surface area (Å²) in [6.07, 6.45) is 9.96. The molecule has 4 saturated carbocycles. The number of amides is 2. The molecule has 0 aromatic heterocycles. The van der Waals surface area contributed by atoms with Crippen molar-refractivity contribution in [1.82, 2.24) is 15.1 Å². The van der Waals surface area contributed by atoms with Crippen molar-refractivity contribution < 1.29 is 9.59 Å². The van der Waals surface area contributed by atoms with Crippen molar-refractivity contribution in [2.75, 3.05) is 50.7 Å². The second-order valence-electron chi connectivity index (χ2n) is 12.3. The number of hydrogen-bond acceptors (Lipinski definition) is 4. The van der Waals surface area contributed by atoms with Crippen molar-refractivity contribution in [3.05, 3.63) is 29.3 Å². The van der Waals surface area contributed by atoms with Gasteiger partial charge in [-0.15, -0.1) is 0 Å². The van der Waals surface area contributed by atoms with Crippen LogP contribution in [-0.2, 0) is 9.59 Å². The zero-order chi connectivity index (χ0) is 24.7. The Morgan fingerprint density at radius 3 is 2.33 bits per heavy atom. The minimum Gasteiger partial charge on any atom is -0.369 e. The fourth-order valence-corrected chi connectivity index (χ4v) is 8.68. The van der Waals surface area contributed by atoms with Gasteiger partial charge >= 0.3 is 0 Å². The zero-order valence-electron chi connectivity index (χ0n) is 21.5. The molecule has 1 aromatic rings. The molecule has 1 aromatic carbocycles. The summed E-state index contributed by atoms with van der Waals surface area (Å²) in [4.78, 5) is 33.8. The van der Waals surface area contributed by atoms with Gasteiger partial charge in [0.1, 0.15) is 6.04 Å². The number of carbonyl (C=O) groups excluding carboxylic acids is 2. The lowest BCUT2D eigenvalue weighted by Crippen LogP contribution is -2.57. The van der Waals surface area contributed by atoms with Gasteiger partial charge in [-0.1, -0.05) is 17.7 Å². The van der Waals surface area contributed by atoms with E-state index in [4.69, 9.17) is 11.6 Å². The van der Waals surface area contributed by atoms with Gasteiger partial charge < -0.3 is 15.1 Å². The molecular formula is C29H41ClN4O2. The van der Waals surface area contributed by atoms with Crippen LogP contribution in [0.25, 0.3) is 0 Å². The van der Waals surface area contributed by atoms with Crippen LogP contribution in [0.5, 0.6) is 0 Å². The number of piperazine rings is 1. The van der Waals surface area contributed by atoms with Crippen molar-refractivity contribution in [1.29, 1.82) is 0 Å². The molecule has 2 saturated heterocycles. The summed E-state index contributed by atoms with van der Waals surface area (Å²) in [5, 5.41) is 3.96. The highest BCUT2D eigenvalue weighted by atomic mass is 35.5. The van der Waals surface area contributed by atoms with Crippen molar-refractivity contribution in [2.24, 2.45) is 23.2 Å². The van der Waals surface area contributed by atoms with E-state index in [1.54, 1.807) is 0 Å². The zero-order valence-corrected chi connectivity index (χ0v) is 22.2. The lowest BCUT2D eigenvalue weighted by Gasteiger charge is -2.56. The highest BCUT2D eigenvalue weighted by molar-refractivity contribution is 6.30. The molecule has 1 unspecified atom stereocenters. The third-order valence-electron chi connectivity index (χ3n) is 9.80. The minimum absolute atomic E-state index is 0.0661. The van der Waals surface area contributed by atoms with Crippen LogP contribution in [0, 0.1) is 23.2 Å². The number of anilines is 1. The van der Waals surface area contributed by atoms with Gasteiger partial charge in [0.15, 0.2) is 0 Å². The molecule has 36 heavy (non-hydrogen) atoms. The molecular weight excluding hydrogens is 472 g/mol.